The summed E-state index contributed by atoms with van der Waals surface area (Å²) in [6.07, 6.45) is 0. The van der Waals surface area contributed by atoms with E-state index in [1.54, 1.807) is 0 Å². The number of halogens is 1. The first-order valence-electron chi connectivity index (χ1n) is 2.58. The molecule has 0 bridgehead atoms. The SMILES string of the molecule is C=C.C=C.C=C.O=C([O-])CO.[Cl-].[Mg+2]. The average molecular weight is 219 g/mol. The Hall–Kier alpha value is -0.294. The van der Waals surface area contributed by atoms with Gasteiger partial charge in [-0.1, -0.05) is 0 Å². The van der Waals surface area contributed by atoms with Crippen molar-refractivity contribution in [3.8, 4) is 0 Å². The molecule has 0 heterocycles. The summed E-state index contributed by atoms with van der Waals surface area (Å²) < 4.78 is 0. The number of carboxylic acid groups (broad SMARTS) is 1. The Labute approximate surface area is 102 Å². The van der Waals surface area contributed by atoms with Crippen LogP contribution in [0, 0.1) is 0 Å². The fourth-order valence-corrected chi connectivity index (χ4v) is 0. The third-order valence-corrected chi connectivity index (χ3v) is 0.129. The van der Waals surface area contributed by atoms with Crippen LogP contribution < -0.4 is 17.5 Å². The summed E-state index contributed by atoms with van der Waals surface area (Å²) in [6.45, 7) is 17.1. The Balaban J connectivity index is -0.0000000135. The maximum absolute atomic E-state index is 9.01. The summed E-state index contributed by atoms with van der Waals surface area (Å²) in [5.41, 5.74) is 0. The van der Waals surface area contributed by atoms with Gasteiger partial charge in [0.25, 0.3) is 0 Å². The van der Waals surface area contributed by atoms with Gasteiger partial charge in [-0.3, -0.25) is 0 Å². The van der Waals surface area contributed by atoms with E-state index in [1.165, 1.54) is 0 Å². The largest absolute Gasteiger partial charge is 2.00 e. The Bertz CT molecular complexity index is 77.0. The van der Waals surface area contributed by atoms with E-state index >= 15 is 0 Å². The molecule has 0 aromatic rings. The van der Waals surface area contributed by atoms with Crippen LogP contribution in [0.1, 0.15) is 0 Å². The minimum Gasteiger partial charge on any atom is -1.00 e. The van der Waals surface area contributed by atoms with Crippen LogP contribution in [0.25, 0.3) is 0 Å². The van der Waals surface area contributed by atoms with E-state index < -0.39 is 12.6 Å². The van der Waals surface area contributed by atoms with Crippen LogP contribution in [-0.2, 0) is 4.79 Å². The van der Waals surface area contributed by atoms with Gasteiger partial charge in [-0.15, -0.1) is 39.5 Å². The number of hydrogen-bond donors (Lipinski definition) is 1. The summed E-state index contributed by atoms with van der Waals surface area (Å²) in [7, 11) is 0. The number of carbonyl (C=O) groups excluding carboxylic acids is 1. The summed E-state index contributed by atoms with van der Waals surface area (Å²) >= 11 is 0. The zero-order chi connectivity index (χ0) is 10.3. The Morgan fingerprint density at radius 1 is 1.08 bits per heavy atom. The van der Waals surface area contributed by atoms with Gasteiger partial charge < -0.3 is 27.4 Å². The molecule has 3 nitrogen and oxygen atoms in total. The number of aliphatic carboxylic acids is 1. The maximum Gasteiger partial charge on any atom is 2.00 e. The van der Waals surface area contributed by atoms with E-state index in [9.17, 15) is 0 Å². The Kier molecular flexibility index (Phi) is 291. The van der Waals surface area contributed by atoms with Crippen LogP contribution in [0.4, 0.5) is 0 Å². The molecule has 13 heavy (non-hydrogen) atoms. The molecular formula is C8H15ClMgO3. The first kappa shape index (κ1) is 38.7. The third-order valence-electron chi connectivity index (χ3n) is 0.129. The maximum atomic E-state index is 9.01. The van der Waals surface area contributed by atoms with E-state index in [1.807, 2.05) is 0 Å². The summed E-state index contributed by atoms with van der Waals surface area (Å²) in [5, 5.41) is 16.5. The monoisotopic (exact) mass is 218 g/mol. The van der Waals surface area contributed by atoms with E-state index in [2.05, 4.69) is 39.5 Å². The number of carboxylic acids is 1. The minimum atomic E-state index is -1.44. The first-order valence-corrected chi connectivity index (χ1v) is 2.58. The molecule has 0 atom stereocenters. The number of aliphatic hydroxyl groups excluding tert-OH is 1. The van der Waals surface area contributed by atoms with Gasteiger partial charge in [0.1, 0.15) is 0 Å². The molecule has 1 N–H and O–H groups in total. The molecule has 0 rings (SSSR count). The van der Waals surface area contributed by atoms with Crippen molar-refractivity contribution >= 4 is 29.0 Å². The standard InChI is InChI=1S/C2H4O3.3C2H4.ClH.Mg/c3-1-2(4)5;3*1-2;;/h3H,1H2,(H,4,5);3*1-2H2;1H;/q;;;;;+2/p-2. The normalized spacial score (nSPS) is 3.77. The van der Waals surface area contributed by atoms with Crippen LogP contribution in [0.2, 0.25) is 0 Å². The van der Waals surface area contributed by atoms with Gasteiger partial charge in [0, 0.05) is 0 Å². The van der Waals surface area contributed by atoms with E-state index in [0.29, 0.717) is 0 Å². The third kappa shape index (κ3) is 379. The zero-order valence-electron chi connectivity index (χ0n) is 7.80. The van der Waals surface area contributed by atoms with Crippen molar-refractivity contribution in [2.45, 2.75) is 0 Å². The predicted octanol–water partition coefficient (Wildman–Crippen LogP) is -3.24. The molecule has 0 aliphatic rings. The second-order valence-electron chi connectivity index (χ2n) is 0.530. The molecule has 0 saturated carbocycles. The molecule has 0 saturated heterocycles. The number of carbonyl (C=O) groups is 1. The Morgan fingerprint density at radius 3 is 1.15 bits per heavy atom. The van der Waals surface area contributed by atoms with Gasteiger partial charge in [-0.2, -0.15) is 0 Å². The molecule has 0 aliphatic heterocycles. The van der Waals surface area contributed by atoms with Gasteiger partial charge in [0.2, 0.25) is 0 Å². The first-order chi connectivity index (χ1) is 5.27. The van der Waals surface area contributed by atoms with Crippen molar-refractivity contribution in [3.63, 3.8) is 0 Å². The van der Waals surface area contributed by atoms with E-state index in [0.717, 1.165) is 0 Å². The minimum absolute atomic E-state index is 0. The molecule has 0 spiro atoms. The quantitative estimate of drug-likeness (QED) is 0.372. The van der Waals surface area contributed by atoms with Crippen LogP contribution in [0.5, 0.6) is 0 Å². The van der Waals surface area contributed by atoms with Crippen LogP contribution in [0.15, 0.2) is 39.5 Å². The van der Waals surface area contributed by atoms with Crippen LogP contribution in [0.3, 0.4) is 0 Å². The fraction of sp³-hybridized carbons (Fsp3) is 0.125. The van der Waals surface area contributed by atoms with Gasteiger partial charge in [-0.05, 0) is 0 Å². The smallest absolute Gasteiger partial charge is 1.00 e. The van der Waals surface area contributed by atoms with Crippen molar-refractivity contribution in [2.75, 3.05) is 6.61 Å². The average Bonchev–Trinajstić information content (AvgIpc) is 2.15. The van der Waals surface area contributed by atoms with Crippen molar-refractivity contribution in [1.29, 1.82) is 0 Å². The van der Waals surface area contributed by atoms with Gasteiger partial charge in [-0.25, -0.2) is 0 Å². The van der Waals surface area contributed by atoms with E-state index in [4.69, 9.17) is 15.0 Å². The van der Waals surface area contributed by atoms with Crippen molar-refractivity contribution in [1.82, 2.24) is 0 Å². The summed E-state index contributed by atoms with van der Waals surface area (Å²) in [6, 6.07) is 0. The van der Waals surface area contributed by atoms with Crippen LogP contribution >= 0.6 is 0 Å². The van der Waals surface area contributed by atoms with Gasteiger partial charge in [0.15, 0.2) is 0 Å². The zero-order valence-corrected chi connectivity index (χ0v) is 9.97. The summed E-state index contributed by atoms with van der Waals surface area (Å²) in [4.78, 5) is 9.01. The van der Waals surface area contributed by atoms with Crippen molar-refractivity contribution < 1.29 is 27.4 Å². The molecule has 0 fully saturated rings. The summed E-state index contributed by atoms with van der Waals surface area (Å²) in [5.74, 6) is -1.44. The molecule has 0 unspecified atom stereocenters. The molecule has 74 valence electrons. The molecule has 0 aromatic heterocycles. The topological polar surface area (TPSA) is 60.4 Å². The van der Waals surface area contributed by atoms with Crippen molar-refractivity contribution in [3.05, 3.63) is 39.5 Å². The molecular weight excluding hydrogens is 204 g/mol. The second kappa shape index (κ2) is 97.7. The Morgan fingerprint density at radius 2 is 1.15 bits per heavy atom. The van der Waals surface area contributed by atoms with Gasteiger partial charge in [0.05, 0.1) is 12.6 Å². The van der Waals surface area contributed by atoms with Crippen LogP contribution in [-0.4, -0.2) is 40.7 Å². The molecule has 0 radical (unpaired) electrons. The van der Waals surface area contributed by atoms with Gasteiger partial charge >= 0.3 is 23.1 Å². The molecule has 5 heteroatoms. The predicted molar refractivity (Wildman–Crippen MR) is 51.6 cm³/mol. The molecule has 0 aliphatic carbocycles. The van der Waals surface area contributed by atoms with E-state index in [-0.39, 0.29) is 35.5 Å². The number of aliphatic hydroxyl groups is 1. The second-order valence-corrected chi connectivity index (χ2v) is 0.530. The fourth-order valence-electron chi connectivity index (χ4n) is 0. The molecule has 0 aromatic carbocycles. The molecule has 0 amide bonds. The number of hydrogen-bond acceptors (Lipinski definition) is 3. The number of rotatable bonds is 1. The van der Waals surface area contributed by atoms with Crippen molar-refractivity contribution in [2.24, 2.45) is 0 Å².